The van der Waals surface area contributed by atoms with E-state index in [0.717, 1.165) is 4.47 Å². The summed E-state index contributed by atoms with van der Waals surface area (Å²) >= 11 is 3.34. The van der Waals surface area contributed by atoms with Crippen LogP contribution in [0.15, 0.2) is 38.3 Å². The lowest BCUT2D eigenvalue weighted by Gasteiger charge is -2.12. The largest absolute Gasteiger partial charge is 0.383 e. The first-order valence-corrected chi connectivity index (χ1v) is 7.32. The highest BCUT2D eigenvalue weighted by Crippen LogP contribution is 2.32. The number of nitrogens with two attached hydrogens (primary N) is 1. The van der Waals surface area contributed by atoms with Crippen molar-refractivity contribution < 1.29 is 0 Å². The first-order chi connectivity index (χ1) is 10.9. The number of hydrogen-bond donors (Lipinski definition) is 2. The second-order valence-electron chi connectivity index (χ2n) is 4.88. The molecule has 0 bridgehead atoms. The van der Waals surface area contributed by atoms with Gasteiger partial charge >= 0.3 is 5.69 Å². The summed E-state index contributed by atoms with van der Waals surface area (Å²) in [6, 6.07) is 9.07. The predicted octanol–water partition coefficient (Wildman–Crippen LogP) is 1.51. The lowest BCUT2D eigenvalue weighted by Crippen LogP contribution is -2.29. The summed E-state index contributed by atoms with van der Waals surface area (Å²) in [6.07, 6.45) is 0. The molecule has 3 aromatic rings. The van der Waals surface area contributed by atoms with E-state index in [1.165, 1.54) is 11.6 Å². The fourth-order valence-corrected chi connectivity index (χ4v) is 2.67. The third kappa shape index (κ3) is 2.31. The quantitative estimate of drug-likeness (QED) is 0.671. The highest BCUT2D eigenvalue weighted by molar-refractivity contribution is 9.10. The number of pyridine rings is 1. The van der Waals surface area contributed by atoms with Crippen LogP contribution in [0.1, 0.15) is 5.56 Å². The number of aryl methyl sites for hydroxylation is 1. The molecule has 0 amide bonds. The highest BCUT2D eigenvalue weighted by Gasteiger charge is 2.19. The SMILES string of the molecule is Cn1c(=O)[nH]c(=O)c2c(-c3ccc(Br)cc3)c(C#N)c(N)nc21. The van der Waals surface area contributed by atoms with E-state index in [4.69, 9.17) is 5.73 Å². The van der Waals surface area contributed by atoms with Gasteiger partial charge < -0.3 is 5.73 Å². The van der Waals surface area contributed by atoms with Crippen molar-refractivity contribution in [3.63, 3.8) is 0 Å². The first-order valence-electron chi connectivity index (χ1n) is 6.52. The van der Waals surface area contributed by atoms with Crippen LogP contribution in [0.2, 0.25) is 0 Å². The van der Waals surface area contributed by atoms with Gasteiger partial charge in [0.1, 0.15) is 17.5 Å². The molecule has 0 fully saturated rings. The van der Waals surface area contributed by atoms with E-state index in [0.29, 0.717) is 11.1 Å². The molecular formula is C15H10BrN5O2. The maximum Gasteiger partial charge on any atom is 0.329 e. The van der Waals surface area contributed by atoms with E-state index in [2.05, 4.69) is 25.9 Å². The Morgan fingerprint density at radius 2 is 1.96 bits per heavy atom. The molecule has 0 unspecified atom stereocenters. The smallest absolute Gasteiger partial charge is 0.329 e. The molecule has 7 nitrogen and oxygen atoms in total. The second-order valence-corrected chi connectivity index (χ2v) is 5.80. The Morgan fingerprint density at radius 1 is 1.30 bits per heavy atom. The van der Waals surface area contributed by atoms with Crippen LogP contribution in [0.5, 0.6) is 0 Å². The minimum atomic E-state index is -0.606. The van der Waals surface area contributed by atoms with Crippen LogP contribution in [0.3, 0.4) is 0 Å². The molecule has 0 radical (unpaired) electrons. The van der Waals surface area contributed by atoms with E-state index in [-0.39, 0.29) is 22.4 Å². The average Bonchev–Trinajstić information content (AvgIpc) is 2.52. The van der Waals surface area contributed by atoms with Gasteiger partial charge in [0.15, 0.2) is 5.65 Å². The van der Waals surface area contributed by atoms with Crippen molar-refractivity contribution in [1.82, 2.24) is 14.5 Å². The van der Waals surface area contributed by atoms with Crippen LogP contribution in [0.4, 0.5) is 5.82 Å². The summed E-state index contributed by atoms with van der Waals surface area (Å²) in [7, 11) is 1.48. The summed E-state index contributed by atoms with van der Waals surface area (Å²) in [5, 5.41) is 9.58. The van der Waals surface area contributed by atoms with Gasteiger partial charge in [-0.25, -0.2) is 9.78 Å². The van der Waals surface area contributed by atoms with Gasteiger partial charge in [-0.3, -0.25) is 14.3 Å². The van der Waals surface area contributed by atoms with Crippen LogP contribution >= 0.6 is 15.9 Å². The number of nitrogens with zero attached hydrogens (tertiary/aromatic N) is 3. The number of aromatic nitrogens is 3. The third-order valence-corrected chi connectivity index (χ3v) is 4.05. The van der Waals surface area contributed by atoms with Crippen molar-refractivity contribution in [2.24, 2.45) is 7.05 Å². The molecule has 23 heavy (non-hydrogen) atoms. The maximum absolute atomic E-state index is 12.3. The molecule has 114 valence electrons. The fraction of sp³-hybridized carbons (Fsp3) is 0.0667. The molecule has 0 saturated carbocycles. The number of halogens is 1. The van der Waals surface area contributed by atoms with E-state index in [9.17, 15) is 14.9 Å². The lowest BCUT2D eigenvalue weighted by molar-refractivity contribution is 0.830. The number of nitrogens with one attached hydrogen (secondary N) is 1. The van der Waals surface area contributed by atoms with Gasteiger partial charge in [0, 0.05) is 17.1 Å². The number of nitriles is 1. The van der Waals surface area contributed by atoms with Crippen molar-refractivity contribution in [3.8, 4) is 17.2 Å². The number of fused-ring (bicyclic) bond motifs is 1. The lowest BCUT2D eigenvalue weighted by atomic mass is 9.98. The average molecular weight is 372 g/mol. The molecule has 0 aliphatic rings. The molecule has 0 aliphatic heterocycles. The zero-order chi connectivity index (χ0) is 16.7. The molecule has 0 saturated heterocycles. The Hall–Kier alpha value is -2.92. The minimum absolute atomic E-state index is 0.0291. The number of aromatic amines is 1. The van der Waals surface area contributed by atoms with Gasteiger partial charge in [-0.15, -0.1) is 0 Å². The van der Waals surface area contributed by atoms with Crippen LogP contribution in [0.25, 0.3) is 22.2 Å². The Bertz CT molecular complexity index is 1090. The summed E-state index contributed by atoms with van der Waals surface area (Å²) in [6.45, 7) is 0. The van der Waals surface area contributed by atoms with Crippen LogP contribution in [-0.2, 0) is 7.05 Å². The molecule has 2 aromatic heterocycles. The number of benzene rings is 1. The number of hydrogen-bond acceptors (Lipinski definition) is 5. The summed E-state index contributed by atoms with van der Waals surface area (Å²) in [5.74, 6) is -0.0291. The topological polar surface area (TPSA) is 118 Å². The molecule has 0 aliphatic carbocycles. The number of anilines is 1. The van der Waals surface area contributed by atoms with Gasteiger partial charge in [0.05, 0.1) is 5.39 Å². The normalized spacial score (nSPS) is 10.7. The Morgan fingerprint density at radius 3 is 2.57 bits per heavy atom. The molecule has 3 N–H and O–H groups in total. The summed E-state index contributed by atoms with van der Waals surface area (Å²) in [4.78, 5) is 30.4. The number of rotatable bonds is 1. The van der Waals surface area contributed by atoms with Gasteiger partial charge in [-0.05, 0) is 17.7 Å². The fourth-order valence-electron chi connectivity index (χ4n) is 2.41. The predicted molar refractivity (Wildman–Crippen MR) is 89.9 cm³/mol. The van der Waals surface area contributed by atoms with Crippen molar-refractivity contribution >= 4 is 32.8 Å². The van der Waals surface area contributed by atoms with Crippen LogP contribution < -0.4 is 17.0 Å². The van der Waals surface area contributed by atoms with Crippen molar-refractivity contribution in [1.29, 1.82) is 5.26 Å². The molecule has 3 rings (SSSR count). The maximum atomic E-state index is 12.3. The highest BCUT2D eigenvalue weighted by atomic mass is 79.9. The van der Waals surface area contributed by atoms with Crippen molar-refractivity contribution in [2.45, 2.75) is 0 Å². The van der Waals surface area contributed by atoms with Gasteiger partial charge in [0.25, 0.3) is 5.56 Å². The Balaban J connectivity index is 2.60. The molecule has 0 spiro atoms. The van der Waals surface area contributed by atoms with E-state index < -0.39 is 11.2 Å². The number of H-pyrrole nitrogens is 1. The Labute approximate surface area is 138 Å². The first kappa shape index (κ1) is 15.0. The van der Waals surface area contributed by atoms with Crippen LogP contribution in [-0.4, -0.2) is 14.5 Å². The second kappa shape index (κ2) is 5.37. The molecule has 8 heteroatoms. The van der Waals surface area contributed by atoms with Crippen LogP contribution in [0, 0.1) is 11.3 Å². The molecule has 1 aromatic carbocycles. The molecular weight excluding hydrogens is 362 g/mol. The van der Waals surface area contributed by atoms with E-state index in [1.807, 2.05) is 6.07 Å². The van der Waals surface area contributed by atoms with E-state index in [1.54, 1.807) is 24.3 Å². The number of nitrogen functional groups attached to an aromatic ring is 1. The van der Waals surface area contributed by atoms with Crippen molar-refractivity contribution in [2.75, 3.05) is 5.73 Å². The third-order valence-electron chi connectivity index (χ3n) is 3.52. The van der Waals surface area contributed by atoms with Crippen molar-refractivity contribution in [3.05, 3.63) is 55.1 Å². The van der Waals surface area contributed by atoms with Gasteiger partial charge in [-0.2, -0.15) is 5.26 Å². The zero-order valence-corrected chi connectivity index (χ0v) is 13.5. The van der Waals surface area contributed by atoms with Gasteiger partial charge in [0.2, 0.25) is 0 Å². The zero-order valence-electron chi connectivity index (χ0n) is 11.9. The summed E-state index contributed by atoms with van der Waals surface area (Å²) < 4.78 is 2.05. The van der Waals surface area contributed by atoms with Gasteiger partial charge in [-0.1, -0.05) is 28.1 Å². The Kier molecular flexibility index (Phi) is 3.50. The minimum Gasteiger partial charge on any atom is -0.383 e. The standard InChI is InChI=1S/C15H10BrN5O2/c1-21-13-11(14(22)20-15(21)23)10(9(6-17)12(18)19-13)7-2-4-8(16)5-3-7/h2-5H,1H3,(H2,18,19)(H,20,22,23). The van der Waals surface area contributed by atoms with E-state index >= 15 is 0 Å². The monoisotopic (exact) mass is 371 g/mol. The molecule has 2 heterocycles. The molecule has 0 atom stereocenters. The summed E-state index contributed by atoms with van der Waals surface area (Å²) in [5.41, 5.74) is 5.89.